The van der Waals surface area contributed by atoms with E-state index in [0.717, 1.165) is 5.82 Å². The Morgan fingerprint density at radius 2 is 1.93 bits per heavy atom. The van der Waals surface area contributed by atoms with Crippen LogP contribution in [0.15, 0.2) is 12.1 Å². The fourth-order valence-electron chi connectivity index (χ4n) is 4.12. The second kappa shape index (κ2) is 7.51. The van der Waals surface area contributed by atoms with Gasteiger partial charge in [0.25, 0.3) is 0 Å². The first-order chi connectivity index (χ1) is 13.4. The van der Waals surface area contributed by atoms with Crippen LogP contribution in [-0.2, 0) is 4.79 Å². The lowest BCUT2D eigenvalue weighted by Crippen LogP contribution is -2.46. The number of carbonyl (C=O) groups is 1. The van der Waals surface area contributed by atoms with Crippen LogP contribution in [0.25, 0.3) is 5.65 Å². The molecular formula is C17H22F3N7O. The second-order valence-electron chi connectivity index (χ2n) is 7.59. The molecule has 2 aromatic heterocycles. The SMILES string of the molecule is O=C(NC1CCCC(C(F)(F)F)C1)C1CCN(c2ccc3nnnn3n2)CC1. The standard InChI is InChI=1S/C17H22F3N7O/c18-17(19,20)12-2-1-3-13(10-12)21-16(28)11-6-8-26(9-7-11)15-5-4-14-22-24-25-27(14)23-15/h4-5,11-13H,1-3,6-10H2,(H,21,28). The van der Waals surface area contributed by atoms with Gasteiger partial charge in [0.15, 0.2) is 11.5 Å². The maximum atomic E-state index is 12.9. The van der Waals surface area contributed by atoms with E-state index in [1.807, 2.05) is 6.07 Å². The van der Waals surface area contributed by atoms with E-state index in [9.17, 15) is 18.0 Å². The number of carbonyl (C=O) groups excluding carboxylic acids is 1. The monoisotopic (exact) mass is 397 g/mol. The third kappa shape index (κ3) is 4.02. The van der Waals surface area contributed by atoms with Crippen molar-refractivity contribution in [3.63, 3.8) is 0 Å². The highest BCUT2D eigenvalue weighted by atomic mass is 19.4. The molecule has 0 spiro atoms. The van der Waals surface area contributed by atoms with Gasteiger partial charge in [-0.2, -0.15) is 13.2 Å². The highest BCUT2D eigenvalue weighted by Gasteiger charge is 2.42. The smallest absolute Gasteiger partial charge is 0.355 e. The number of halogens is 3. The summed E-state index contributed by atoms with van der Waals surface area (Å²) < 4.78 is 40.2. The van der Waals surface area contributed by atoms with E-state index in [0.29, 0.717) is 44.4 Å². The van der Waals surface area contributed by atoms with Crippen LogP contribution in [0.1, 0.15) is 38.5 Å². The predicted octanol–water partition coefficient (Wildman–Crippen LogP) is 1.97. The van der Waals surface area contributed by atoms with Gasteiger partial charge in [-0.05, 0) is 54.7 Å². The van der Waals surface area contributed by atoms with Crippen molar-refractivity contribution in [2.45, 2.75) is 50.7 Å². The zero-order valence-electron chi connectivity index (χ0n) is 15.3. The predicted molar refractivity (Wildman–Crippen MR) is 93.5 cm³/mol. The maximum absolute atomic E-state index is 12.9. The van der Waals surface area contributed by atoms with E-state index in [1.165, 1.54) is 4.63 Å². The van der Waals surface area contributed by atoms with Crippen molar-refractivity contribution in [3.8, 4) is 0 Å². The molecule has 0 aromatic carbocycles. The minimum atomic E-state index is -4.18. The summed E-state index contributed by atoms with van der Waals surface area (Å²) in [7, 11) is 0. The lowest BCUT2D eigenvalue weighted by Gasteiger charge is -2.34. The maximum Gasteiger partial charge on any atom is 0.391 e. The van der Waals surface area contributed by atoms with Crippen molar-refractivity contribution in [1.82, 2.24) is 30.6 Å². The van der Waals surface area contributed by atoms with Crippen molar-refractivity contribution in [1.29, 1.82) is 0 Å². The molecule has 2 aromatic rings. The van der Waals surface area contributed by atoms with Crippen LogP contribution < -0.4 is 10.2 Å². The molecule has 11 heteroatoms. The molecule has 2 atom stereocenters. The third-order valence-electron chi connectivity index (χ3n) is 5.73. The average molecular weight is 397 g/mol. The largest absolute Gasteiger partial charge is 0.391 e. The zero-order valence-corrected chi connectivity index (χ0v) is 15.3. The van der Waals surface area contributed by atoms with E-state index in [2.05, 4.69) is 30.8 Å². The Labute approximate surface area is 159 Å². The molecule has 1 aliphatic heterocycles. The van der Waals surface area contributed by atoms with Gasteiger partial charge in [-0.15, -0.1) is 14.8 Å². The summed E-state index contributed by atoms with van der Waals surface area (Å²) in [5.41, 5.74) is 0.558. The van der Waals surface area contributed by atoms with E-state index < -0.39 is 12.1 Å². The number of tetrazole rings is 1. The fraction of sp³-hybridized carbons (Fsp3) is 0.706. The molecule has 2 unspecified atom stereocenters. The van der Waals surface area contributed by atoms with Crippen LogP contribution in [0.2, 0.25) is 0 Å². The first-order valence-electron chi connectivity index (χ1n) is 9.57. The number of aromatic nitrogens is 5. The van der Waals surface area contributed by atoms with Crippen molar-refractivity contribution in [2.24, 2.45) is 11.8 Å². The highest BCUT2D eigenvalue weighted by molar-refractivity contribution is 5.79. The average Bonchev–Trinajstić information content (AvgIpc) is 3.15. The highest BCUT2D eigenvalue weighted by Crippen LogP contribution is 2.37. The topological polar surface area (TPSA) is 88.3 Å². The Bertz CT molecular complexity index is 832. The number of amides is 1. The molecule has 3 heterocycles. The van der Waals surface area contributed by atoms with Crippen LogP contribution in [0.5, 0.6) is 0 Å². The van der Waals surface area contributed by atoms with Gasteiger partial charge in [0, 0.05) is 25.0 Å². The molecule has 152 valence electrons. The van der Waals surface area contributed by atoms with Crippen molar-refractivity contribution < 1.29 is 18.0 Å². The molecule has 4 rings (SSSR count). The van der Waals surface area contributed by atoms with Gasteiger partial charge in [0.05, 0.1) is 5.92 Å². The molecule has 1 N–H and O–H groups in total. The fourth-order valence-corrected chi connectivity index (χ4v) is 4.12. The van der Waals surface area contributed by atoms with Gasteiger partial charge in [-0.25, -0.2) is 0 Å². The van der Waals surface area contributed by atoms with Crippen LogP contribution in [0, 0.1) is 11.8 Å². The molecule has 2 fully saturated rings. The van der Waals surface area contributed by atoms with Gasteiger partial charge < -0.3 is 10.2 Å². The summed E-state index contributed by atoms with van der Waals surface area (Å²) >= 11 is 0. The number of anilines is 1. The minimum absolute atomic E-state index is 0.00996. The first kappa shape index (κ1) is 18.9. The van der Waals surface area contributed by atoms with Crippen LogP contribution >= 0.6 is 0 Å². The van der Waals surface area contributed by atoms with Crippen LogP contribution in [0.3, 0.4) is 0 Å². The molecule has 1 amide bonds. The number of hydrogen-bond acceptors (Lipinski definition) is 6. The number of nitrogens with zero attached hydrogens (tertiary/aromatic N) is 6. The number of nitrogens with one attached hydrogen (secondary N) is 1. The molecule has 1 saturated heterocycles. The van der Waals surface area contributed by atoms with Crippen molar-refractivity contribution in [2.75, 3.05) is 18.0 Å². The van der Waals surface area contributed by atoms with Crippen LogP contribution in [0.4, 0.5) is 19.0 Å². The normalized spacial score (nSPS) is 24.5. The van der Waals surface area contributed by atoms with Gasteiger partial charge in [-0.1, -0.05) is 6.42 Å². The summed E-state index contributed by atoms with van der Waals surface area (Å²) in [4.78, 5) is 14.6. The molecular weight excluding hydrogens is 375 g/mol. The summed E-state index contributed by atoms with van der Waals surface area (Å²) in [6, 6.07) is 3.24. The molecule has 2 aliphatic rings. The number of hydrogen-bond donors (Lipinski definition) is 1. The molecule has 0 bridgehead atoms. The quantitative estimate of drug-likeness (QED) is 0.852. The number of fused-ring (bicyclic) bond motifs is 1. The Hall–Kier alpha value is -2.46. The Morgan fingerprint density at radius 3 is 2.68 bits per heavy atom. The number of rotatable bonds is 3. The van der Waals surface area contributed by atoms with E-state index >= 15 is 0 Å². The summed E-state index contributed by atoms with van der Waals surface area (Å²) in [6.45, 7) is 1.29. The Morgan fingerprint density at radius 1 is 1.14 bits per heavy atom. The van der Waals surface area contributed by atoms with Gasteiger partial charge in [0.1, 0.15) is 0 Å². The Balaban J connectivity index is 1.30. The molecule has 28 heavy (non-hydrogen) atoms. The van der Waals surface area contributed by atoms with Gasteiger partial charge in [0.2, 0.25) is 5.91 Å². The minimum Gasteiger partial charge on any atom is -0.355 e. The molecule has 1 aliphatic carbocycles. The van der Waals surface area contributed by atoms with Gasteiger partial charge >= 0.3 is 6.18 Å². The number of piperidine rings is 1. The Kier molecular flexibility index (Phi) is 5.07. The first-order valence-corrected chi connectivity index (χ1v) is 9.57. The summed E-state index contributed by atoms with van der Waals surface area (Å²) in [5, 5.41) is 18.4. The number of alkyl halides is 3. The molecule has 0 radical (unpaired) electrons. The van der Waals surface area contributed by atoms with E-state index in [-0.39, 0.29) is 30.7 Å². The lowest BCUT2D eigenvalue weighted by molar-refractivity contribution is -0.184. The van der Waals surface area contributed by atoms with E-state index in [4.69, 9.17) is 0 Å². The molecule has 1 saturated carbocycles. The van der Waals surface area contributed by atoms with Crippen molar-refractivity contribution in [3.05, 3.63) is 12.1 Å². The molecule has 8 nitrogen and oxygen atoms in total. The lowest BCUT2D eigenvalue weighted by atomic mass is 9.84. The van der Waals surface area contributed by atoms with E-state index in [1.54, 1.807) is 6.07 Å². The van der Waals surface area contributed by atoms with Gasteiger partial charge in [-0.3, -0.25) is 4.79 Å². The zero-order chi connectivity index (χ0) is 19.7. The second-order valence-corrected chi connectivity index (χ2v) is 7.59. The van der Waals surface area contributed by atoms with Crippen molar-refractivity contribution >= 4 is 17.4 Å². The summed E-state index contributed by atoms with van der Waals surface area (Å²) in [6.07, 6.45) is -1.64. The van der Waals surface area contributed by atoms with Crippen LogP contribution in [-0.4, -0.2) is 56.5 Å². The third-order valence-corrected chi connectivity index (χ3v) is 5.73. The summed E-state index contributed by atoms with van der Waals surface area (Å²) in [5.74, 6) is -0.879.